The third kappa shape index (κ3) is 4.84. The molecule has 0 spiro atoms. The zero-order valence-corrected chi connectivity index (χ0v) is 10.9. The van der Waals surface area contributed by atoms with Crippen molar-refractivity contribution in [1.29, 1.82) is 0 Å². The summed E-state index contributed by atoms with van der Waals surface area (Å²) in [7, 11) is 0. The van der Waals surface area contributed by atoms with E-state index in [1.165, 1.54) is 12.8 Å². The second-order valence-electron chi connectivity index (χ2n) is 4.33. The van der Waals surface area contributed by atoms with Crippen LogP contribution in [0.3, 0.4) is 0 Å². The molecule has 0 fully saturated rings. The van der Waals surface area contributed by atoms with Gasteiger partial charge in [0.05, 0.1) is 5.69 Å². The highest BCUT2D eigenvalue weighted by atomic mass is 16.5. The second-order valence-corrected chi connectivity index (χ2v) is 4.33. The van der Waals surface area contributed by atoms with Crippen molar-refractivity contribution in [2.45, 2.75) is 51.7 Å². The molecule has 17 heavy (non-hydrogen) atoms. The topological polar surface area (TPSA) is 48.1 Å². The molecule has 0 saturated heterocycles. The molecule has 0 amide bonds. The van der Waals surface area contributed by atoms with Crippen LogP contribution in [0.5, 0.6) is 0 Å². The molecule has 0 aliphatic carbocycles. The standard InChI is InChI=1S/C14H24N2O/c1-3-5-8-11-17-14(12(15)4-2)13-9-6-7-10-16-13/h6-7,9-10,12,14H,3-5,8,11,15H2,1-2H3. The lowest BCUT2D eigenvalue weighted by Crippen LogP contribution is -2.30. The van der Waals surface area contributed by atoms with Crippen LogP contribution in [-0.2, 0) is 4.74 Å². The average molecular weight is 236 g/mol. The Morgan fingerprint density at radius 1 is 1.29 bits per heavy atom. The third-order valence-electron chi connectivity index (χ3n) is 2.88. The van der Waals surface area contributed by atoms with Gasteiger partial charge in [0.2, 0.25) is 0 Å². The zero-order chi connectivity index (χ0) is 12.5. The predicted octanol–water partition coefficient (Wildman–Crippen LogP) is 3.07. The average Bonchev–Trinajstić information content (AvgIpc) is 2.39. The largest absolute Gasteiger partial charge is 0.370 e. The molecule has 96 valence electrons. The van der Waals surface area contributed by atoms with Crippen LogP contribution in [0.2, 0.25) is 0 Å². The summed E-state index contributed by atoms with van der Waals surface area (Å²) in [5, 5.41) is 0. The van der Waals surface area contributed by atoms with Crippen molar-refractivity contribution >= 4 is 0 Å². The van der Waals surface area contributed by atoms with E-state index in [0.717, 1.165) is 25.1 Å². The molecule has 1 aromatic rings. The van der Waals surface area contributed by atoms with E-state index in [1.54, 1.807) is 6.20 Å². The molecule has 0 aromatic carbocycles. The van der Waals surface area contributed by atoms with Crippen LogP contribution in [-0.4, -0.2) is 17.6 Å². The minimum atomic E-state index is -0.0712. The molecule has 2 N–H and O–H groups in total. The van der Waals surface area contributed by atoms with Crippen LogP contribution >= 0.6 is 0 Å². The first-order valence-corrected chi connectivity index (χ1v) is 6.57. The number of unbranched alkanes of at least 4 members (excludes halogenated alkanes) is 2. The molecule has 0 aliphatic heterocycles. The van der Waals surface area contributed by atoms with Crippen molar-refractivity contribution in [3.63, 3.8) is 0 Å². The predicted molar refractivity (Wildman–Crippen MR) is 70.7 cm³/mol. The van der Waals surface area contributed by atoms with Crippen LogP contribution in [0.4, 0.5) is 0 Å². The molecule has 0 bridgehead atoms. The number of hydrogen-bond donors (Lipinski definition) is 1. The summed E-state index contributed by atoms with van der Waals surface area (Å²) in [6, 6.07) is 5.90. The van der Waals surface area contributed by atoms with Gasteiger partial charge in [-0.2, -0.15) is 0 Å². The summed E-state index contributed by atoms with van der Waals surface area (Å²) in [5.41, 5.74) is 7.04. The molecule has 1 aromatic heterocycles. The zero-order valence-electron chi connectivity index (χ0n) is 10.9. The lowest BCUT2D eigenvalue weighted by atomic mass is 10.1. The van der Waals surface area contributed by atoms with Gasteiger partial charge >= 0.3 is 0 Å². The van der Waals surface area contributed by atoms with Crippen LogP contribution in [0, 0.1) is 0 Å². The highest BCUT2D eigenvalue weighted by Crippen LogP contribution is 2.20. The number of rotatable bonds is 8. The Balaban J connectivity index is 2.55. The first-order chi connectivity index (χ1) is 8.29. The Kier molecular flexibility index (Phi) is 6.82. The maximum absolute atomic E-state index is 6.10. The van der Waals surface area contributed by atoms with Gasteiger partial charge < -0.3 is 10.5 Å². The fourth-order valence-electron chi connectivity index (χ4n) is 1.75. The van der Waals surface area contributed by atoms with Crippen molar-refractivity contribution in [1.82, 2.24) is 4.98 Å². The van der Waals surface area contributed by atoms with Gasteiger partial charge in [0.15, 0.2) is 0 Å². The summed E-state index contributed by atoms with van der Waals surface area (Å²) in [5.74, 6) is 0. The molecule has 1 heterocycles. The lowest BCUT2D eigenvalue weighted by Gasteiger charge is -2.22. The quantitative estimate of drug-likeness (QED) is 0.706. The molecule has 0 saturated carbocycles. The molecular weight excluding hydrogens is 212 g/mol. The Labute approximate surface area is 104 Å². The van der Waals surface area contributed by atoms with E-state index in [-0.39, 0.29) is 12.1 Å². The maximum Gasteiger partial charge on any atom is 0.114 e. The van der Waals surface area contributed by atoms with E-state index in [9.17, 15) is 0 Å². The van der Waals surface area contributed by atoms with Gasteiger partial charge in [-0.15, -0.1) is 0 Å². The Morgan fingerprint density at radius 2 is 2.12 bits per heavy atom. The van der Waals surface area contributed by atoms with Crippen molar-refractivity contribution < 1.29 is 4.74 Å². The van der Waals surface area contributed by atoms with Crippen LogP contribution < -0.4 is 5.73 Å². The van der Waals surface area contributed by atoms with Crippen molar-refractivity contribution in [2.75, 3.05) is 6.61 Å². The summed E-state index contributed by atoms with van der Waals surface area (Å²) >= 11 is 0. The smallest absolute Gasteiger partial charge is 0.114 e. The molecule has 3 heteroatoms. The normalized spacial score (nSPS) is 14.5. The molecular formula is C14H24N2O. The Hall–Kier alpha value is -0.930. The second kappa shape index (κ2) is 8.20. The highest BCUT2D eigenvalue weighted by Gasteiger charge is 2.19. The van der Waals surface area contributed by atoms with Crippen molar-refractivity contribution in [2.24, 2.45) is 5.73 Å². The summed E-state index contributed by atoms with van der Waals surface area (Å²) in [4.78, 5) is 4.34. The fourth-order valence-corrected chi connectivity index (χ4v) is 1.75. The molecule has 1 rings (SSSR count). The van der Waals surface area contributed by atoms with E-state index in [1.807, 2.05) is 18.2 Å². The van der Waals surface area contributed by atoms with Gasteiger partial charge in [-0.25, -0.2) is 0 Å². The lowest BCUT2D eigenvalue weighted by molar-refractivity contribution is 0.0285. The number of aromatic nitrogens is 1. The number of nitrogens with two attached hydrogens (primary N) is 1. The van der Waals surface area contributed by atoms with Crippen molar-refractivity contribution in [3.8, 4) is 0 Å². The first-order valence-electron chi connectivity index (χ1n) is 6.57. The SMILES string of the molecule is CCCCCOC(c1ccccn1)C(N)CC. The van der Waals surface area contributed by atoms with Crippen LogP contribution in [0.15, 0.2) is 24.4 Å². The maximum atomic E-state index is 6.10. The molecule has 0 aliphatic rings. The van der Waals surface area contributed by atoms with E-state index in [2.05, 4.69) is 18.8 Å². The number of pyridine rings is 1. The van der Waals surface area contributed by atoms with Crippen LogP contribution in [0.1, 0.15) is 51.3 Å². The van der Waals surface area contributed by atoms with Gasteiger partial charge in [-0.05, 0) is 25.0 Å². The minimum absolute atomic E-state index is 0.0199. The molecule has 0 radical (unpaired) electrons. The van der Waals surface area contributed by atoms with Gasteiger partial charge in [0.25, 0.3) is 0 Å². The number of hydrogen-bond acceptors (Lipinski definition) is 3. The molecule has 3 nitrogen and oxygen atoms in total. The minimum Gasteiger partial charge on any atom is -0.370 e. The summed E-state index contributed by atoms with van der Waals surface area (Å²) in [6.45, 7) is 5.03. The van der Waals surface area contributed by atoms with Gasteiger partial charge in [-0.3, -0.25) is 4.98 Å². The van der Waals surface area contributed by atoms with E-state index < -0.39 is 0 Å². The number of nitrogens with zero attached hydrogens (tertiary/aromatic N) is 1. The Bertz CT molecular complexity index is 290. The molecule has 2 unspecified atom stereocenters. The Morgan fingerprint density at radius 3 is 2.71 bits per heavy atom. The van der Waals surface area contributed by atoms with Gasteiger partial charge in [0, 0.05) is 18.8 Å². The summed E-state index contributed by atoms with van der Waals surface area (Å²) < 4.78 is 5.90. The van der Waals surface area contributed by atoms with E-state index in [4.69, 9.17) is 10.5 Å². The highest BCUT2D eigenvalue weighted by molar-refractivity contribution is 5.09. The molecule has 2 atom stereocenters. The fraction of sp³-hybridized carbons (Fsp3) is 0.643. The third-order valence-corrected chi connectivity index (χ3v) is 2.88. The van der Waals surface area contributed by atoms with E-state index >= 15 is 0 Å². The number of ether oxygens (including phenoxy) is 1. The summed E-state index contributed by atoms with van der Waals surface area (Å²) in [6.07, 6.45) is 6.12. The van der Waals surface area contributed by atoms with Gasteiger partial charge in [-0.1, -0.05) is 32.8 Å². The first kappa shape index (κ1) is 14.1. The van der Waals surface area contributed by atoms with E-state index in [0.29, 0.717) is 0 Å². The van der Waals surface area contributed by atoms with Crippen molar-refractivity contribution in [3.05, 3.63) is 30.1 Å². The van der Waals surface area contributed by atoms with Crippen LogP contribution in [0.25, 0.3) is 0 Å². The van der Waals surface area contributed by atoms with Gasteiger partial charge in [0.1, 0.15) is 6.10 Å². The monoisotopic (exact) mass is 236 g/mol.